The number of hydrogen-bond donors (Lipinski definition) is 1. The number of rotatable bonds is 3. The van der Waals surface area contributed by atoms with Crippen LogP contribution < -0.4 is 4.74 Å². The number of benzene rings is 1. The second-order valence-electron chi connectivity index (χ2n) is 3.47. The molecule has 0 aliphatic rings. The van der Waals surface area contributed by atoms with Crippen molar-refractivity contribution in [2.45, 2.75) is 0 Å². The molecule has 1 heterocycles. The molecule has 0 unspecified atom stereocenters. The molecule has 0 saturated carbocycles. The first-order valence-electron chi connectivity index (χ1n) is 5.01. The second kappa shape index (κ2) is 5.14. The zero-order chi connectivity index (χ0) is 13.1. The van der Waals surface area contributed by atoms with Crippen LogP contribution in [0.5, 0.6) is 5.75 Å². The first kappa shape index (κ1) is 12.5. The largest absolute Gasteiger partial charge is 0.496 e. The third kappa shape index (κ3) is 2.33. The Morgan fingerprint density at radius 1 is 1.28 bits per heavy atom. The summed E-state index contributed by atoms with van der Waals surface area (Å²) >= 11 is 3.35. The van der Waals surface area contributed by atoms with Crippen molar-refractivity contribution in [2.75, 3.05) is 7.11 Å². The summed E-state index contributed by atoms with van der Waals surface area (Å²) in [5, 5.41) is 16.5. The number of carboxylic acids is 1. The van der Waals surface area contributed by atoms with Crippen LogP contribution in [-0.4, -0.2) is 28.4 Å². The van der Waals surface area contributed by atoms with Gasteiger partial charge < -0.3 is 9.84 Å². The first-order valence-corrected chi connectivity index (χ1v) is 5.80. The molecule has 0 saturated heterocycles. The molecule has 0 radical (unpaired) electrons. The van der Waals surface area contributed by atoms with Crippen molar-refractivity contribution in [1.29, 1.82) is 0 Å². The molecule has 0 atom stereocenters. The Balaban J connectivity index is 2.68. The van der Waals surface area contributed by atoms with E-state index in [4.69, 9.17) is 9.84 Å². The monoisotopic (exact) mass is 308 g/mol. The van der Waals surface area contributed by atoms with Crippen molar-refractivity contribution >= 4 is 21.9 Å². The minimum atomic E-state index is -1.05. The van der Waals surface area contributed by atoms with Crippen LogP contribution in [0.3, 0.4) is 0 Å². The fourth-order valence-electron chi connectivity index (χ4n) is 1.60. The fourth-order valence-corrected chi connectivity index (χ4v) is 1.96. The number of halogens is 1. The number of aromatic carboxylic acids is 1. The smallest absolute Gasteiger partial charge is 0.338 e. The molecule has 1 aromatic carbocycles. The molecule has 92 valence electrons. The molecule has 5 nitrogen and oxygen atoms in total. The maximum absolute atomic E-state index is 11.2. The number of aromatic nitrogens is 2. The zero-order valence-corrected chi connectivity index (χ0v) is 11.0. The predicted molar refractivity (Wildman–Crippen MR) is 68.7 cm³/mol. The molecule has 1 N–H and O–H groups in total. The fraction of sp³-hybridized carbons (Fsp3) is 0.0833. The van der Waals surface area contributed by atoms with Gasteiger partial charge in [-0.3, -0.25) is 0 Å². The SMILES string of the molecule is COc1ccc(Br)cc1-c1cnncc1C(=O)O. The van der Waals surface area contributed by atoms with Crippen molar-refractivity contribution < 1.29 is 14.6 Å². The summed E-state index contributed by atoms with van der Waals surface area (Å²) < 4.78 is 6.05. The van der Waals surface area contributed by atoms with Gasteiger partial charge in [-0.1, -0.05) is 15.9 Å². The van der Waals surface area contributed by atoms with Gasteiger partial charge in [-0.25, -0.2) is 4.79 Å². The van der Waals surface area contributed by atoms with Crippen LogP contribution in [0.1, 0.15) is 10.4 Å². The van der Waals surface area contributed by atoms with Gasteiger partial charge in [-0.15, -0.1) is 0 Å². The lowest BCUT2D eigenvalue weighted by Crippen LogP contribution is -2.02. The van der Waals surface area contributed by atoms with E-state index in [1.54, 1.807) is 12.1 Å². The summed E-state index contributed by atoms with van der Waals surface area (Å²) in [4.78, 5) is 11.2. The van der Waals surface area contributed by atoms with E-state index in [-0.39, 0.29) is 5.56 Å². The Kier molecular flexibility index (Phi) is 3.57. The quantitative estimate of drug-likeness (QED) is 0.943. The first-order chi connectivity index (χ1) is 8.63. The van der Waals surface area contributed by atoms with Gasteiger partial charge in [0.1, 0.15) is 5.75 Å². The van der Waals surface area contributed by atoms with Gasteiger partial charge in [-0.05, 0) is 18.2 Å². The van der Waals surface area contributed by atoms with Crippen LogP contribution in [0.15, 0.2) is 35.1 Å². The second-order valence-corrected chi connectivity index (χ2v) is 4.38. The van der Waals surface area contributed by atoms with E-state index in [9.17, 15) is 4.79 Å². The minimum Gasteiger partial charge on any atom is -0.496 e. The van der Waals surface area contributed by atoms with Gasteiger partial charge in [0.15, 0.2) is 0 Å². The van der Waals surface area contributed by atoms with Crippen LogP contribution >= 0.6 is 15.9 Å². The van der Waals surface area contributed by atoms with Crippen molar-refractivity contribution in [2.24, 2.45) is 0 Å². The number of ether oxygens (including phenoxy) is 1. The van der Waals surface area contributed by atoms with Crippen molar-refractivity contribution in [3.8, 4) is 16.9 Å². The van der Waals surface area contributed by atoms with Gasteiger partial charge in [-0.2, -0.15) is 10.2 Å². The Hall–Kier alpha value is -1.95. The van der Waals surface area contributed by atoms with Crippen LogP contribution in [0.2, 0.25) is 0 Å². The van der Waals surface area contributed by atoms with Gasteiger partial charge >= 0.3 is 5.97 Å². The topological polar surface area (TPSA) is 72.3 Å². The van der Waals surface area contributed by atoms with E-state index in [0.717, 1.165) is 4.47 Å². The molecular formula is C12H9BrN2O3. The lowest BCUT2D eigenvalue weighted by molar-refractivity contribution is 0.0697. The summed E-state index contributed by atoms with van der Waals surface area (Å²) in [7, 11) is 1.53. The van der Waals surface area contributed by atoms with Gasteiger partial charge in [0.05, 0.1) is 25.1 Å². The Morgan fingerprint density at radius 2 is 2.00 bits per heavy atom. The number of hydrogen-bond acceptors (Lipinski definition) is 4. The number of nitrogens with zero attached hydrogens (tertiary/aromatic N) is 2. The summed E-state index contributed by atoms with van der Waals surface area (Å²) in [6, 6.07) is 5.35. The third-order valence-electron chi connectivity index (χ3n) is 2.41. The average molecular weight is 309 g/mol. The Bertz CT molecular complexity index is 602. The third-order valence-corrected chi connectivity index (χ3v) is 2.91. The lowest BCUT2D eigenvalue weighted by Gasteiger charge is -2.10. The van der Waals surface area contributed by atoms with Crippen LogP contribution in [0.4, 0.5) is 0 Å². The van der Waals surface area contributed by atoms with Crippen molar-refractivity contribution in [3.05, 3.63) is 40.6 Å². The summed E-state index contributed by atoms with van der Waals surface area (Å²) in [6.07, 6.45) is 2.63. The number of carbonyl (C=O) groups is 1. The number of carboxylic acid groups (broad SMARTS) is 1. The highest BCUT2D eigenvalue weighted by molar-refractivity contribution is 9.10. The molecule has 6 heteroatoms. The van der Waals surface area contributed by atoms with Crippen molar-refractivity contribution in [1.82, 2.24) is 10.2 Å². The van der Waals surface area contributed by atoms with Crippen molar-refractivity contribution in [3.63, 3.8) is 0 Å². The zero-order valence-electron chi connectivity index (χ0n) is 9.42. The molecule has 0 aliphatic heterocycles. The van der Waals surface area contributed by atoms with Gasteiger partial charge in [0, 0.05) is 15.6 Å². The van der Waals surface area contributed by atoms with E-state index in [2.05, 4.69) is 26.1 Å². The molecule has 0 spiro atoms. The minimum absolute atomic E-state index is 0.0846. The molecule has 1 aromatic heterocycles. The highest BCUT2D eigenvalue weighted by Crippen LogP contribution is 2.33. The van der Waals surface area contributed by atoms with Crippen LogP contribution in [0.25, 0.3) is 11.1 Å². The highest BCUT2D eigenvalue weighted by Gasteiger charge is 2.16. The molecule has 18 heavy (non-hydrogen) atoms. The summed E-state index contributed by atoms with van der Waals surface area (Å²) in [5.41, 5.74) is 1.20. The lowest BCUT2D eigenvalue weighted by atomic mass is 10.0. The van der Waals surface area contributed by atoms with Gasteiger partial charge in [0.25, 0.3) is 0 Å². The molecular weight excluding hydrogens is 300 g/mol. The molecule has 0 amide bonds. The summed E-state index contributed by atoms with van der Waals surface area (Å²) in [6.45, 7) is 0. The predicted octanol–water partition coefficient (Wildman–Crippen LogP) is 2.61. The van der Waals surface area contributed by atoms with Crippen LogP contribution in [-0.2, 0) is 0 Å². The number of methoxy groups -OCH3 is 1. The Morgan fingerprint density at radius 3 is 2.67 bits per heavy atom. The van der Waals surface area contributed by atoms with E-state index >= 15 is 0 Å². The van der Waals surface area contributed by atoms with Crippen LogP contribution in [0, 0.1) is 0 Å². The maximum Gasteiger partial charge on any atom is 0.338 e. The molecule has 2 rings (SSSR count). The maximum atomic E-state index is 11.2. The molecule has 0 aliphatic carbocycles. The average Bonchev–Trinajstić information content (AvgIpc) is 2.38. The van der Waals surface area contributed by atoms with Gasteiger partial charge in [0.2, 0.25) is 0 Å². The highest BCUT2D eigenvalue weighted by atomic mass is 79.9. The molecule has 2 aromatic rings. The van der Waals surface area contributed by atoms with E-state index in [1.807, 2.05) is 6.07 Å². The van der Waals surface area contributed by atoms with E-state index in [0.29, 0.717) is 16.9 Å². The standard InChI is InChI=1S/C12H9BrN2O3/c1-18-11-3-2-7(13)4-8(11)9-5-14-15-6-10(9)12(16)17/h2-6H,1H3,(H,16,17). The molecule has 0 bridgehead atoms. The summed E-state index contributed by atoms with van der Waals surface area (Å²) in [5.74, 6) is -0.476. The normalized spacial score (nSPS) is 10.1. The molecule has 0 fully saturated rings. The van der Waals surface area contributed by atoms with E-state index < -0.39 is 5.97 Å². The van der Waals surface area contributed by atoms with E-state index in [1.165, 1.54) is 19.5 Å². The Labute approximate surface area is 112 Å².